The lowest BCUT2D eigenvalue weighted by molar-refractivity contribution is -0.135. The Labute approximate surface area is 223 Å². The molecule has 7 nitrogen and oxygen atoms in total. The molecule has 0 saturated carbocycles. The maximum absolute atomic E-state index is 12.9. The van der Waals surface area contributed by atoms with Gasteiger partial charge in [-0.25, -0.2) is 9.59 Å². The molecule has 208 valence electrons. The molecule has 38 heavy (non-hydrogen) atoms. The van der Waals surface area contributed by atoms with E-state index in [-0.39, 0.29) is 23.7 Å². The number of allylic oxidation sites excluding steroid dienone is 2. The van der Waals surface area contributed by atoms with Gasteiger partial charge in [-0.2, -0.15) is 13.2 Å². The summed E-state index contributed by atoms with van der Waals surface area (Å²) in [5.74, 6) is -1.13. The maximum atomic E-state index is 12.9. The van der Waals surface area contributed by atoms with Crippen LogP contribution in [0, 0.1) is 0 Å². The highest BCUT2D eigenvalue weighted by atomic mass is 32.1. The van der Waals surface area contributed by atoms with Gasteiger partial charge in [-0.15, -0.1) is 11.3 Å². The summed E-state index contributed by atoms with van der Waals surface area (Å²) in [6, 6.07) is 4.93. The van der Waals surface area contributed by atoms with E-state index in [1.807, 2.05) is 6.07 Å². The Hall–Kier alpha value is -3.34. The summed E-state index contributed by atoms with van der Waals surface area (Å²) >= 11 is 1.42. The summed E-state index contributed by atoms with van der Waals surface area (Å²) in [6.07, 6.45) is 2.22. The number of aryl methyl sites for hydroxylation is 1. The Morgan fingerprint density at radius 3 is 2.63 bits per heavy atom. The van der Waals surface area contributed by atoms with E-state index < -0.39 is 41.4 Å². The number of unbranched alkanes of at least 4 members (excludes halogenated alkanes) is 2. The molecule has 0 saturated heterocycles. The second-order valence-electron chi connectivity index (χ2n) is 8.85. The Kier molecular flexibility index (Phi) is 11.8. The lowest BCUT2D eigenvalue weighted by Crippen LogP contribution is -2.16. The quantitative estimate of drug-likeness (QED) is 0.155. The molecule has 0 radical (unpaired) electrons. The fourth-order valence-corrected chi connectivity index (χ4v) is 4.65. The molecule has 1 atom stereocenters. The Morgan fingerprint density at radius 2 is 1.97 bits per heavy atom. The number of ketones is 1. The first-order valence-electron chi connectivity index (χ1n) is 12.2. The minimum atomic E-state index is -4.13. The molecule has 0 aliphatic carbocycles. The van der Waals surface area contributed by atoms with E-state index in [4.69, 9.17) is 4.42 Å². The van der Waals surface area contributed by atoms with Gasteiger partial charge in [0.05, 0.1) is 7.11 Å². The van der Waals surface area contributed by atoms with Gasteiger partial charge in [0.2, 0.25) is 0 Å². The number of halogens is 3. The van der Waals surface area contributed by atoms with Crippen LogP contribution in [0.3, 0.4) is 0 Å². The summed E-state index contributed by atoms with van der Waals surface area (Å²) in [4.78, 5) is 38.2. The fraction of sp³-hybridized carbons (Fsp3) is 0.444. The first-order chi connectivity index (χ1) is 17.9. The third-order valence-corrected chi connectivity index (χ3v) is 6.81. The number of thiophene rings is 1. The third kappa shape index (κ3) is 10.2. The molecular formula is C27H32F3NO6S. The summed E-state index contributed by atoms with van der Waals surface area (Å²) < 4.78 is 46.5. The van der Waals surface area contributed by atoms with Crippen LogP contribution in [0.4, 0.5) is 18.0 Å². The highest BCUT2D eigenvalue weighted by Crippen LogP contribution is 2.28. The molecule has 1 unspecified atom stereocenters. The monoisotopic (exact) mass is 555 g/mol. The van der Waals surface area contributed by atoms with Gasteiger partial charge in [-0.1, -0.05) is 19.4 Å². The summed E-state index contributed by atoms with van der Waals surface area (Å²) in [6.45, 7) is 3.33. The minimum Gasteiger partial charge on any atom is -0.507 e. The summed E-state index contributed by atoms with van der Waals surface area (Å²) in [7, 11) is 1.25. The maximum Gasteiger partial charge on any atom is 0.410 e. The van der Waals surface area contributed by atoms with E-state index in [9.17, 15) is 32.7 Å². The molecule has 0 aromatic carbocycles. The molecule has 0 spiro atoms. The predicted molar refractivity (Wildman–Crippen MR) is 139 cm³/mol. The minimum absolute atomic E-state index is 0.102. The number of hydrogen-bond donors (Lipinski definition) is 2. The Bertz CT molecular complexity index is 1210. The van der Waals surface area contributed by atoms with Crippen molar-refractivity contribution in [1.29, 1.82) is 0 Å². The van der Waals surface area contributed by atoms with Crippen molar-refractivity contribution in [3.8, 4) is 5.75 Å². The number of amides is 1. The number of alkyl carbamates (subject to hydrolysis) is 1. The van der Waals surface area contributed by atoms with Crippen LogP contribution in [0.15, 0.2) is 45.3 Å². The van der Waals surface area contributed by atoms with Gasteiger partial charge in [0.15, 0.2) is 5.78 Å². The van der Waals surface area contributed by atoms with E-state index in [0.717, 1.165) is 9.75 Å². The van der Waals surface area contributed by atoms with Crippen molar-refractivity contribution in [3.63, 3.8) is 0 Å². The molecule has 2 N–H and O–H groups in total. The molecular weight excluding hydrogens is 523 g/mol. The number of ether oxygens (including phenoxy) is 1. The number of nitrogens with one attached hydrogen (secondary N) is 1. The van der Waals surface area contributed by atoms with Crippen molar-refractivity contribution in [2.75, 3.05) is 7.11 Å². The van der Waals surface area contributed by atoms with Crippen LogP contribution in [-0.4, -0.2) is 30.3 Å². The van der Waals surface area contributed by atoms with Crippen LogP contribution >= 0.6 is 11.3 Å². The van der Waals surface area contributed by atoms with Crippen molar-refractivity contribution < 1.29 is 37.0 Å². The van der Waals surface area contributed by atoms with E-state index >= 15 is 0 Å². The first kappa shape index (κ1) is 30.9. The predicted octanol–water partition coefficient (Wildman–Crippen LogP) is 7.11. The zero-order chi connectivity index (χ0) is 28.3. The van der Waals surface area contributed by atoms with Gasteiger partial charge in [0, 0.05) is 34.4 Å². The lowest BCUT2D eigenvalue weighted by Gasteiger charge is -2.11. The highest BCUT2D eigenvalue weighted by Gasteiger charge is 2.26. The van der Waals surface area contributed by atoms with Crippen molar-refractivity contribution in [1.82, 2.24) is 5.32 Å². The first-order valence-corrected chi connectivity index (χ1v) is 13.0. The van der Waals surface area contributed by atoms with Crippen molar-refractivity contribution in [2.45, 2.75) is 70.9 Å². The lowest BCUT2D eigenvalue weighted by atomic mass is 10.00. The topological polar surface area (TPSA) is 106 Å². The molecule has 11 heteroatoms. The molecule has 0 aliphatic heterocycles. The van der Waals surface area contributed by atoms with Crippen LogP contribution in [0.25, 0.3) is 6.08 Å². The standard InChI is InChI=1S/C27H32F3NO6S/c1-17(9-6-8-14-31-26(35)36-3)22-16-21(32)23(25(34)37-22)24(33)18(2)15-20-12-11-19(38-20)10-5-4-7-13-27(28,29)30/h8,11-12,14-17,32H,4-7,9-10,13H2,1-3H3,(H,31,35)/b14-8+,18-15+. The molecule has 2 heterocycles. The number of rotatable bonds is 13. The number of carbonyl (C=O) groups excluding carboxylic acids is 2. The third-order valence-electron chi connectivity index (χ3n) is 5.72. The van der Waals surface area contributed by atoms with Crippen molar-refractivity contribution >= 4 is 29.3 Å². The van der Waals surface area contributed by atoms with Gasteiger partial charge in [-0.3, -0.25) is 10.1 Å². The van der Waals surface area contributed by atoms with Gasteiger partial charge in [0.25, 0.3) is 0 Å². The van der Waals surface area contributed by atoms with Crippen LogP contribution < -0.4 is 10.9 Å². The van der Waals surface area contributed by atoms with Gasteiger partial charge < -0.3 is 14.3 Å². The SMILES string of the molecule is COC(=O)N/C=C/CCC(C)c1cc(O)c(C(=O)/C(C)=C/c2ccc(CCCCCC(F)(F)F)s2)c(=O)o1. The average Bonchev–Trinajstić information content (AvgIpc) is 3.28. The Morgan fingerprint density at radius 1 is 1.24 bits per heavy atom. The van der Waals surface area contributed by atoms with E-state index in [0.29, 0.717) is 32.1 Å². The van der Waals surface area contributed by atoms with Crippen molar-refractivity contribution in [2.24, 2.45) is 0 Å². The van der Waals surface area contributed by atoms with Gasteiger partial charge >= 0.3 is 17.9 Å². The largest absolute Gasteiger partial charge is 0.507 e. The van der Waals surface area contributed by atoms with E-state index in [2.05, 4.69) is 10.1 Å². The van der Waals surface area contributed by atoms with Crippen molar-refractivity contribution in [3.05, 3.63) is 67.5 Å². The zero-order valence-electron chi connectivity index (χ0n) is 21.5. The second kappa shape index (κ2) is 14.6. The summed E-state index contributed by atoms with van der Waals surface area (Å²) in [5.41, 5.74) is -1.15. The highest BCUT2D eigenvalue weighted by molar-refractivity contribution is 7.12. The zero-order valence-corrected chi connectivity index (χ0v) is 22.3. The molecule has 0 aliphatic rings. The molecule has 0 fully saturated rings. The molecule has 2 aromatic rings. The van der Waals surface area contributed by atoms with Crippen LogP contribution in [0.5, 0.6) is 5.75 Å². The number of hydrogen-bond acceptors (Lipinski definition) is 7. The molecule has 1 amide bonds. The van der Waals surface area contributed by atoms with E-state index in [1.165, 1.54) is 37.6 Å². The second-order valence-corrected chi connectivity index (χ2v) is 10.0. The number of alkyl halides is 3. The normalized spacial score (nSPS) is 13.1. The van der Waals surface area contributed by atoms with Crippen LogP contribution in [0.2, 0.25) is 0 Å². The molecule has 0 bridgehead atoms. The molecule has 2 aromatic heterocycles. The number of methoxy groups -OCH3 is 1. The van der Waals surface area contributed by atoms with Crippen LogP contribution in [0.1, 0.15) is 84.2 Å². The van der Waals surface area contributed by atoms with Gasteiger partial charge in [-0.05, 0) is 62.8 Å². The van der Waals surface area contributed by atoms with Gasteiger partial charge in [0.1, 0.15) is 17.1 Å². The molecule has 2 rings (SSSR count). The number of aromatic hydroxyl groups is 1. The Balaban J connectivity index is 1.98. The van der Waals surface area contributed by atoms with Crippen LogP contribution in [-0.2, 0) is 11.2 Å². The fourth-order valence-electron chi connectivity index (χ4n) is 3.59. The smallest absolute Gasteiger partial charge is 0.410 e. The number of carbonyl (C=O) groups is 2. The summed E-state index contributed by atoms with van der Waals surface area (Å²) in [5, 5.41) is 12.8. The van der Waals surface area contributed by atoms with E-state index in [1.54, 1.807) is 25.1 Å². The number of Topliss-reactive ketones (excluding diaryl/α,β-unsaturated/α-hetero) is 1. The average molecular weight is 556 g/mol.